The number of amides is 3. The zero-order valence-electron chi connectivity index (χ0n) is 7.29. The van der Waals surface area contributed by atoms with Crippen molar-refractivity contribution in [2.24, 2.45) is 5.73 Å². The molecule has 13 heavy (non-hydrogen) atoms. The molecule has 0 aliphatic carbocycles. The first-order chi connectivity index (χ1) is 5.97. The Morgan fingerprint density at radius 2 is 1.92 bits per heavy atom. The minimum atomic E-state index is -0.973. The zero-order chi connectivity index (χ0) is 10.4. The lowest BCUT2D eigenvalue weighted by Gasteiger charge is -1.98. The highest BCUT2D eigenvalue weighted by Crippen LogP contribution is 1.94. The Hall–Kier alpha value is -1.85. The number of primary amides is 1. The van der Waals surface area contributed by atoms with Gasteiger partial charge < -0.3 is 10.5 Å². The van der Waals surface area contributed by atoms with Crippen LogP contribution in [0.25, 0.3) is 0 Å². The standard InChI is InChI=1S/C7H10N2O4/c1-4(6(11)13-2)3-5(10)9-7(8)12/h3H,1-2H3,(H3,8,9,10,12)/b4-3+. The van der Waals surface area contributed by atoms with E-state index >= 15 is 0 Å². The Balaban J connectivity index is 4.30. The van der Waals surface area contributed by atoms with E-state index in [1.807, 2.05) is 0 Å². The third kappa shape index (κ3) is 4.57. The number of carbonyl (C=O) groups excluding carboxylic acids is 3. The predicted molar refractivity (Wildman–Crippen MR) is 43.5 cm³/mol. The molecule has 3 N–H and O–H groups in total. The van der Waals surface area contributed by atoms with Crippen LogP contribution in [0.15, 0.2) is 11.6 Å². The van der Waals surface area contributed by atoms with E-state index in [2.05, 4.69) is 10.5 Å². The van der Waals surface area contributed by atoms with E-state index in [9.17, 15) is 14.4 Å². The summed E-state index contributed by atoms with van der Waals surface area (Å²) < 4.78 is 4.31. The van der Waals surface area contributed by atoms with Gasteiger partial charge >= 0.3 is 12.0 Å². The summed E-state index contributed by atoms with van der Waals surface area (Å²) in [4.78, 5) is 31.7. The molecule has 6 heteroatoms. The van der Waals surface area contributed by atoms with Crippen LogP contribution in [0, 0.1) is 0 Å². The number of methoxy groups -OCH3 is 1. The molecule has 0 spiro atoms. The van der Waals surface area contributed by atoms with Gasteiger partial charge in [-0.25, -0.2) is 9.59 Å². The molecule has 0 aromatic carbocycles. The largest absolute Gasteiger partial charge is 0.466 e. The highest BCUT2D eigenvalue weighted by Gasteiger charge is 2.06. The van der Waals surface area contributed by atoms with Gasteiger partial charge in [0.25, 0.3) is 5.91 Å². The third-order valence-corrected chi connectivity index (χ3v) is 1.10. The number of hydrogen-bond donors (Lipinski definition) is 2. The highest BCUT2D eigenvalue weighted by molar-refractivity contribution is 6.04. The molecule has 6 nitrogen and oxygen atoms in total. The van der Waals surface area contributed by atoms with Crippen molar-refractivity contribution >= 4 is 17.9 Å². The first-order valence-electron chi connectivity index (χ1n) is 3.34. The molecule has 0 aliphatic rings. The lowest BCUT2D eigenvalue weighted by Crippen LogP contribution is -2.34. The van der Waals surface area contributed by atoms with Crippen LogP contribution in [0.2, 0.25) is 0 Å². The second-order valence-electron chi connectivity index (χ2n) is 2.17. The molecule has 0 unspecified atom stereocenters. The van der Waals surface area contributed by atoms with Gasteiger partial charge in [-0.15, -0.1) is 0 Å². The van der Waals surface area contributed by atoms with Crippen molar-refractivity contribution in [2.75, 3.05) is 7.11 Å². The predicted octanol–water partition coefficient (Wildman–Crippen LogP) is -0.699. The van der Waals surface area contributed by atoms with Crippen LogP contribution < -0.4 is 11.1 Å². The summed E-state index contributed by atoms with van der Waals surface area (Å²) in [5.41, 5.74) is 4.75. The number of nitrogens with one attached hydrogen (secondary N) is 1. The maximum absolute atomic E-state index is 10.8. The number of ether oxygens (including phenoxy) is 1. The molecule has 0 radical (unpaired) electrons. The van der Waals surface area contributed by atoms with Gasteiger partial charge in [0.1, 0.15) is 0 Å². The summed E-state index contributed by atoms with van der Waals surface area (Å²) in [6.45, 7) is 1.38. The highest BCUT2D eigenvalue weighted by atomic mass is 16.5. The maximum Gasteiger partial charge on any atom is 0.333 e. The third-order valence-electron chi connectivity index (χ3n) is 1.10. The summed E-state index contributed by atoms with van der Waals surface area (Å²) in [7, 11) is 1.19. The van der Waals surface area contributed by atoms with Crippen LogP contribution in [0.3, 0.4) is 0 Å². The molecular formula is C7H10N2O4. The SMILES string of the molecule is COC(=O)/C(C)=C/C(=O)NC(N)=O. The van der Waals surface area contributed by atoms with E-state index in [0.29, 0.717) is 0 Å². The van der Waals surface area contributed by atoms with Gasteiger partial charge in [0.2, 0.25) is 0 Å². The van der Waals surface area contributed by atoms with E-state index in [0.717, 1.165) is 6.08 Å². The molecule has 0 saturated carbocycles. The van der Waals surface area contributed by atoms with Crippen LogP contribution >= 0.6 is 0 Å². The van der Waals surface area contributed by atoms with Crippen molar-refractivity contribution in [2.45, 2.75) is 6.92 Å². The summed E-state index contributed by atoms with van der Waals surface area (Å²) in [5, 5.41) is 1.77. The van der Waals surface area contributed by atoms with E-state index in [-0.39, 0.29) is 5.57 Å². The number of urea groups is 1. The van der Waals surface area contributed by atoms with E-state index in [1.165, 1.54) is 14.0 Å². The fourth-order valence-electron chi connectivity index (χ4n) is 0.574. The topological polar surface area (TPSA) is 98.5 Å². The Morgan fingerprint density at radius 3 is 2.31 bits per heavy atom. The van der Waals surface area contributed by atoms with Crippen molar-refractivity contribution in [1.82, 2.24) is 5.32 Å². The number of esters is 1. The molecule has 3 amide bonds. The van der Waals surface area contributed by atoms with Crippen molar-refractivity contribution in [3.8, 4) is 0 Å². The molecule has 0 bridgehead atoms. The lowest BCUT2D eigenvalue weighted by atomic mass is 10.3. The van der Waals surface area contributed by atoms with Gasteiger partial charge in [0, 0.05) is 11.6 Å². The number of nitrogens with two attached hydrogens (primary N) is 1. The second kappa shape index (κ2) is 4.91. The van der Waals surface area contributed by atoms with Gasteiger partial charge in [0.05, 0.1) is 7.11 Å². The average molecular weight is 186 g/mol. The summed E-state index contributed by atoms with van der Waals surface area (Å²) in [6, 6.07) is -0.973. The number of hydrogen-bond acceptors (Lipinski definition) is 4. The average Bonchev–Trinajstić information content (AvgIpc) is 2.01. The van der Waals surface area contributed by atoms with E-state index in [1.54, 1.807) is 5.32 Å². The van der Waals surface area contributed by atoms with Crippen molar-refractivity contribution in [1.29, 1.82) is 0 Å². The fraction of sp³-hybridized carbons (Fsp3) is 0.286. The van der Waals surface area contributed by atoms with Crippen molar-refractivity contribution in [3.63, 3.8) is 0 Å². The number of rotatable bonds is 2. The molecule has 0 heterocycles. The minimum Gasteiger partial charge on any atom is -0.466 e. The summed E-state index contributed by atoms with van der Waals surface area (Å²) >= 11 is 0. The smallest absolute Gasteiger partial charge is 0.333 e. The maximum atomic E-state index is 10.8. The van der Waals surface area contributed by atoms with Crippen LogP contribution in [-0.2, 0) is 14.3 Å². The number of imide groups is 1. The van der Waals surface area contributed by atoms with Gasteiger partial charge in [0.15, 0.2) is 0 Å². The summed E-state index contributed by atoms with van der Waals surface area (Å²) in [5.74, 6) is -1.39. The van der Waals surface area contributed by atoms with E-state index < -0.39 is 17.9 Å². The molecule has 0 aromatic heterocycles. The van der Waals surface area contributed by atoms with Crippen molar-refractivity contribution in [3.05, 3.63) is 11.6 Å². The lowest BCUT2D eigenvalue weighted by molar-refractivity contribution is -0.136. The van der Waals surface area contributed by atoms with E-state index in [4.69, 9.17) is 0 Å². The molecular weight excluding hydrogens is 176 g/mol. The monoisotopic (exact) mass is 186 g/mol. The molecule has 0 fully saturated rings. The molecule has 0 aromatic rings. The first kappa shape index (κ1) is 11.2. The van der Waals surface area contributed by atoms with Gasteiger partial charge in [-0.1, -0.05) is 0 Å². The molecule has 0 rings (SSSR count). The Morgan fingerprint density at radius 1 is 1.38 bits per heavy atom. The molecule has 0 aliphatic heterocycles. The van der Waals surface area contributed by atoms with Crippen LogP contribution in [-0.4, -0.2) is 25.0 Å². The second-order valence-corrected chi connectivity index (χ2v) is 2.17. The fourth-order valence-corrected chi connectivity index (χ4v) is 0.574. The molecule has 0 saturated heterocycles. The number of carbonyl (C=O) groups is 3. The van der Waals surface area contributed by atoms with Crippen molar-refractivity contribution < 1.29 is 19.1 Å². The van der Waals surface area contributed by atoms with Crippen LogP contribution in [0.4, 0.5) is 4.79 Å². The Labute approximate surface area is 74.7 Å². The Kier molecular flexibility index (Phi) is 4.21. The van der Waals surface area contributed by atoms with Crippen LogP contribution in [0.1, 0.15) is 6.92 Å². The van der Waals surface area contributed by atoms with Crippen LogP contribution in [0.5, 0.6) is 0 Å². The Bertz CT molecular complexity index is 270. The van der Waals surface area contributed by atoms with Gasteiger partial charge in [-0.05, 0) is 6.92 Å². The summed E-state index contributed by atoms with van der Waals surface area (Å²) in [6.07, 6.45) is 0.927. The normalized spacial score (nSPS) is 10.5. The zero-order valence-corrected chi connectivity index (χ0v) is 7.29. The quantitative estimate of drug-likeness (QED) is 0.440. The van der Waals surface area contributed by atoms with Gasteiger partial charge in [-0.2, -0.15) is 0 Å². The first-order valence-corrected chi connectivity index (χ1v) is 3.34. The minimum absolute atomic E-state index is 0.0845. The molecule has 0 atom stereocenters. The van der Waals surface area contributed by atoms with Gasteiger partial charge in [-0.3, -0.25) is 10.1 Å². The molecule has 72 valence electrons.